The summed E-state index contributed by atoms with van der Waals surface area (Å²) in [5, 5.41) is 2.84. The molecule has 1 N–H and O–H groups in total. The molecule has 0 radical (unpaired) electrons. The van der Waals surface area contributed by atoms with Crippen LogP contribution in [0, 0.1) is 0 Å². The van der Waals surface area contributed by atoms with E-state index in [1.165, 1.54) is 0 Å². The first-order chi connectivity index (χ1) is 9.78. The summed E-state index contributed by atoms with van der Waals surface area (Å²) in [7, 11) is 0. The Balaban J connectivity index is 2.01. The fourth-order valence-corrected chi connectivity index (χ4v) is 2.13. The highest BCUT2D eigenvalue weighted by molar-refractivity contribution is 5.93. The Kier molecular flexibility index (Phi) is 3.21. The number of carbonyl (C=O) groups excluding carboxylic acids is 1. The zero-order chi connectivity index (χ0) is 13.9. The van der Waals surface area contributed by atoms with Crippen molar-refractivity contribution in [3.8, 4) is 5.69 Å². The lowest BCUT2D eigenvalue weighted by Crippen LogP contribution is -2.09. The van der Waals surface area contributed by atoms with E-state index in [2.05, 4.69) is 10.3 Å². The Morgan fingerprint density at radius 2 is 2.00 bits per heavy atom. The predicted octanol–water partition coefficient (Wildman–Crippen LogP) is 3.37. The van der Waals surface area contributed by atoms with Crippen molar-refractivity contribution in [1.29, 1.82) is 0 Å². The second kappa shape index (κ2) is 5.17. The minimum atomic E-state index is 0.00634. The Labute approximate surface area is 117 Å². The number of carbonyl (C=O) groups is 1. The molecule has 2 aromatic carbocycles. The molecule has 4 heteroatoms. The van der Waals surface area contributed by atoms with E-state index in [-0.39, 0.29) is 5.91 Å². The Morgan fingerprint density at radius 1 is 1.20 bits per heavy atom. The van der Waals surface area contributed by atoms with E-state index < -0.39 is 0 Å². The Hall–Kier alpha value is -2.62. The molecule has 0 fully saturated rings. The number of rotatable bonds is 3. The lowest BCUT2D eigenvalue weighted by atomic mass is 10.2. The van der Waals surface area contributed by atoms with Crippen LogP contribution in [-0.2, 0) is 4.79 Å². The largest absolute Gasteiger partial charge is 0.326 e. The third-order valence-electron chi connectivity index (χ3n) is 3.19. The number of hydrogen-bond donors (Lipinski definition) is 1. The summed E-state index contributed by atoms with van der Waals surface area (Å²) >= 11 is 0. The highest BCUT2D eigenvalue weighted by Crippen LogP contribution is 2.21. The molecule has 1 aromatic heterocycles. The third-order valence-corrected chi connectivity index (χ3v) is 3.19. The molecule has 1 heterocycles. The first-order valence-electron chi connectivity index (χ1n) is 6.60. The van der Waals surface area contributed by atoms with Crippen molar-refractivity contribution in [2.75, 3.05) is 5.32 Å². The van der Waals surface area contributed by atoms with Gasteiger partial charge in [-0.25, -0.2) is 4.98 Å². The number of nitrogens with zero attached hydrogens (tertiary/aromatic N) is 2. The molecule has 20 heavy (non-hydrogen) atoms. The molecule has 0 saturated carbocycles. The summed E-state index contributed by atoms with van der Waals surface area (Å²) in [4.78, 5) is 15.8. The standard InChI is InChI=1S/C16H15N3O/c1-2-16(20)18-12-8-9-15-14(10-12)17-11-19(15)13-6-4-3-5-7-13/h3-11H,2H2,1H3,(H,18,20). The van der Waals surface area contributed by atoms with Crippen LogP contribution in [-0.4, -0.2) is 15.5 Å². The third kappa shape index (κ3) is 2.28. The quantitative estimate of drug-likeness (QED) is 0.789. The fraction of sp³-hybridized carbons (Fsp3) is 0.125. The first kappa shape index (κ1) is 12.4. The second-order valence-electron chi connectivity index (χ2n) is 4.56. The highest BCUT2D eigenvalue weighted by atomic mass is 16.1. The van der Waals surface area contributed by atoms with Crippen molar-refractivity contribution in [2.24, 2.45) is 0 Å². The maximum absolute atomic E-state index is 11.4. The number of amides is 1. The van der Waals surface area contributed by atoms with Gasteiger partial charge < -0.3 is 5.32 Å². The van der Waals surface area contributed by atoms with E-state index >= 15 is 0 Å². The molecular weight excluding hydrogens is 250 g/mol. The van der Waals surface area contributed by atoms with Gasteiger partial charge in [-0.1, -0.05) is 25.1 Å². The van der Waals surface area contributed by atoms with Gasteiger partial charge >= 0.3 is 0 Å². The smallest absolute Gasteiger partial charge is 0.224 e. The van der Waals surface area contributed by atoms with Gasteiger partial charge in [-0.3, -0.25) is 9.36 Å². The summed E-state index contributed by atoms with van der Waals surface area (Å²) in [6.07, 6.45) is 2.27. The summed E-state index contributed by atoms with van der Waals surface area (Å²) in [5.41, 5.74) is 3.73. The van der Waals surface area contributed by atoms with Gasteiger partial charge in [0.1, 0.15) is 6.33 Å². The van der Waals surface area contributed by atoms with Crippen LogP contribution in [0.1, 0.15) is 13.3 Å². The molecule has 0 aliphatic heterocycles. The van der Waals surface area contributed by atoms with Crippen molar-refractivity contribution in [2.45, 2.75) is 13.3 Å². The predicted molar refractivity (Wildman–Crippen MR) is 80.0 cm³/mol. The number of aromatic nitrogens is 2. The number of nitrogens with one attached hydrogen (secondary N) is 1. The normalized spacial score (nSPS) is 10.7. The lowest BCUT2D eigenvalue weighted by Gasteiger charge is -2.05. The van der Waals surface area contributed by atoms with Gasteiger partial charge in [0.15, 0.2) is 0 Å². The molecule has 0 saturated heterocycles. The summed E-state index contributed by atoms with van der Waals surface area (Å²) in [5.74, 6) is 0.00634. The van der Waals surface area contributed by atoms with Gasteiger partial charge in [0.05, 0.1) is 11.0 Å². The Morgan fingerprint density at radius 3 is 2.75 bits per heavy atom. The zero-order valence-corrected chi connectivity index (χ0v) is 11.2. The van der Waals surface area contributed by atoms with Crippen LogP contribution in [0.15, 0.2) is 54.9 Å². The van der Waals surface area contributed by atoms with Gasteiger partial charge in [0.25, 0.3) is 0 Å². The van der Waals surface area contributed by atoms with Crippen LogP contribution in [0.3, 0.4) is 0 Å². The average molecular weight is 265 g/mol. The van der Waals surface area contributed by atoms with Crippen molar-refractivity contribution in [1.82, 2.24) is 9.55 Å². The van der Waals surface area contributed by atoms with Crippen LogP contribution in [0.2, 0.25) is 0 Å². The van der Waals surface area contributed by atoms with Crippen LogP contribution >= 0.6 is 0 Å². The van der Waals surface area contributed by atoms with E-state index in [0.717, 1.165) is 22.4 Å². The minimum Gasteiger partial charge on any atom is -0.326 e. The molecule has 0 unspecified atom stereocenters. The van der Waals surface area contributed by atoms with E-state index in [1.54, 1.807) is 6.33 Å². The molecule has 100 valence electrons. The first-order valence-corrected chi connectivity index (χ1v) is 6.60. The molecule has 0 atom stereocenters. The topological polar surface area (TPSA) is 46.9 Å². The van der Waals surface area contributed by atoms with E-state index in [1.807, 2.05) is 60.0 Å². The van der Waals surface area contributed by atoms with Crippen LogP contribution in [0.25, 0.3) is 16.7 Å². The number of hydrogen-bond acceptors (Lipinski definition) is 2. The van der Waals surface area contributed by atoms with Gasteiger partial charge in [0.2, 0.25) is 5.91 Å². The molecule has 3 rings (SSSR count). The maximum atomic E-state index is 11.4. The molecule has 0 spiro atoms. The molecule has 4 nitrogen and oxygen atoms in total. The SMILES string of the molecule is CCC(=O)Nc1ccc2c(c1)ncn2-c1ccccc1. The highest BCUT2D eigenvalue weighted by Gasteiger charge is 2.06. The summed E-state index contributed by atoms with van der Waals surface area (Å²) < 4.78 is 2.03. The number of benzene rings is 2. The number of fused-ring (bicyclic) bond motifs is 1. The summed E-state index contributed by atoms with van der Waals surface area (Å²) in [6.45, 7) is 1.83. The average Bonchev–Trinajstić information content (AvgIpc) is 2.91. The van der Waals surface area contributed by atoms with Crippen LogP contribution < -0.4 is 5.32 Å². The molecule has 1 amide bonds. The fourth-order valence-electron chi connectivity index (χ4n) is 2.13. The molecule has 0 aliphatic carbocycles. The number of anilines is 1. The monoisotopic (exact) mass is 265 g/mol. The molecule has 0 bridgehead atoms. The van der Waals surface area contributed by atoms with E-state index in [9.17, 15) is 4.79 Å². The number of imidazole rings is 1. The van der Waals surface area contributed by atoms with E-state index in [4.69, 9.17) is 0 Å². The minimum absolute atomic E-state index is 0.00634. The van der Waals surface area contributed by atoms with Crippen molar-refractivity contribution < 1.29 is 4.79 Å². The second-order valence-corrected chi connectivity index (χ2v) is 4.56. The number of para-hydroxylation sites is 1. The zero-order valence-electron chi connectivity index (χ0n) is 11.2. The van der Waals surface area contributed by atoms with Crippen molar-refractivity contribution in [3.05, 3.63) is 54.9 Å². The maximum Gasteiger partial charge on any atom is 0.224 e. The summed E-state index contributed by atoms with van der Waals surface area (Å²) in [6, 6.07) is 15.8. The van der Waals surface area contributed by atoms with Gasteiger partial charge in [0, 0.05) is 17.8 Å². The van der Waals surface area contributed by atoms with E-state index in [0.29, 0.717) is 6.42 Å². The van der Waals surface area contributed by atoms with Crippen LogP contribution in [0.5, 0.6) is 0 Å². The Bertz CT molecular complexity index is 747. The van der Waals surface area contributed by atoms with Crippen molar-refractivity contribution >= 4 is 22.6 Å². The lowest BCUT2D eigenvalue weighted by molar-refractivity contribution is -0.115. The van der Waals surface area contributed by atoms with Crippen molar-refractivity contribution in [3.63, 3.8) is 0 Å². The molecule has 0 aliphatic rings. The van der Waals surface area contributed by atoms with Gasteiger partial charge in [-0.05, 0) is 30.3 Å². The van der Waals surface area contributed by atoms with Gasteiger partial charge in [-0.2, -0.15) is 0 Å². The molecular formula is C16H15N3O. The molecule has 3 aromatic rings. The van der Waals surface area contributed by atoms with Crippen LogP contribution in [0.4, 0.5) is 5.69 Å². The van der Waals surface area contributed by atoms with Gasteiger partial charge in [-0.15, -0.1) is 0 Å².